The van der Waals surface area contributed by atoms with Gasteiger partial charge in [0.05, 0.1) is 35.7 Å². The van der Waals surface area contributed by atoms with Crippen molar-refractivity contribution < 1.29 is 18.7 Å². The Morgan fingerprint density at radius 1 is 1.00 bits per heavy atom. The molecule has 0 atom stereocenters. The number of aryl methyl sites for hydroxylation is 1. The van der Waals surface area contributed by atoms with Crippen molar-refractivity contribution in [2.75, 3.05) is 19.5 Å². The van der Waals surface area contributed by atoms with Gasteiger partial charge in [0.25, 0.3) is 0 Å². The fraction of sp³-hybridized carbons (Fsp3) is 0.120. The van der Waals surface area contributed by atoms with Gasteiger partial charge in [-0.15, -0.1) is 21.5 Å². The summed E-state index contributed by atoms with van der Waals surface area (Å²) in [5.74, 6) is 1.51. The summed E-state index contributed by atoms with van der Waals surface area (Å²) in [6.45, 7) is 1.71. The maximum Gasteiger partial charge on any atom is 0.342 e. The van der Waals surface area contributed by atoms with Crippen LogP contribution in [0.25, 0.3) is 32.0 Å². The number of methoxy groups -OCH3 is 2. The van der Waals surface area contributed by atoms with Crippen LogP contribution in [0.2, 0.25) is 0 Å². The molecule has 1 N–H and O–H groups in total. The Bertz CT molecular complexity index is 1440. The van der Waals surface area contributed by atoms with Crippen molar-refractivity contribution in [2.45, 2.75) is 6.92 Å². The zero-order valence-corrected chi connectivity index (χ0v) is 19.5. The Morgan fingerprint density at radius 3 is 2.47 bits per heavy atom. The van der Waals surface area contributed by atoms with E-state index in [-0.39, 0.29) is 0 Å². The zero-order chi connectivity index (χ0) is 23.7. The van der Waals surface area contributed by atoms with Crippen LogP contribution in [0.4, 0.5) is 11.7 Å². The minimum absolute atomic E-state index is 0.326. The Labute approximate surface area is 199 Å². The van der Waals surface area contributed by atoms with Crippen LogP contribution < -0.4 is 10.1 Å². The normalized spacial score (nSPS) is 10.9. The molecule has 5 aromatic rings. The largest absolute Gasteiger partial charge is 0.497 e. The number of furan rings is 1. The maximum atomic E-state index is 12.6. The third kappa shape index (κ3) is 3.97. The van der Waals surface area contributed by atoms with Crippen molar-refractivity contribution in [3.8, 4) is 27.6 Å². The quantitative estimate of drug-likeness (QED) is 0.307. The van der Waals surface area contributed by atoms with Crippen LogP contribution >= 0.6 is 11.3 Å². The Morgan fingerprint density at radius 2 is 1.79 bits per heavy atom. The van der Waals surface area contributed by atoms with E-state index in [1.165, 1.54) is 18.4 Å². The van der Waals surface area contributed by atoms with Gasteiger partial charge < -0.3 is 19.2 Å². The van der Waals surface area contributed by atoms with Crippen LogP contribution in [0.3, 0.4) is 0 Å². The van der Waals surface area contributed by atoms with Crippen LogP contribution in [0.1, 0.15) is 16.1 Å². The molecule has 5 rings (SSSR count). The molecule has 0 bridgehead atoms. The number of fused-ring (bicyclic) bond motifs is 1. The fourth-order valence-electron chi connectivity index (χ4n) is 3.59. The van der Waals surface area contributed by atoms with Crippen molar-refractivity contribution in [3.05, 3.63) is 72.0 Å². The van der Waals surface area contributed by atoms with Gasteiger partial charge in [-0.2, -0.15) is 0 Å². The third-order valence-corrected chi connectivity index (χ3v) is 6.33. The summed E-state index contributed by atoms with van der Waals surface area (Å²) in [5, 5.41) is 12.4. The van der Waals surface area contributed by atoms with E-state index in [1.807, 2.05) is 54.6 Å². The predicted molar refractivity (Wildman–Crippen MR) is 131 cm³/mol. The van der Waals surface area contributed by atoms with Gasteiger partial charge in [-0.25, -0.2) is 9.78 Å². The topological polar surface area (TPSA) is 99.4 Å². The summed E-state index contributed by atoms with van der Waals surface area (Å²) < 4.78 is 17.1. The molecule has 0 aliphatic heterocycles. The number of thiazole rings is 1. The highest BCUT2D eigenvalue weighted by Gasteiger charge is 2.28. The number of aromatic nitrogens is 3. The van der Waals surface area contributed by atoms with E-state index in [1.54, 1.807) is 20.1 Å². The van der Waals surface area contributed by atoms with E-state index < -0.39 is 5.97 Å². The summed E-state index contributed by atoms with van der Waals surface area (Å²) in [7, 11) is 2.97. The zero-order valence-electron chi connectivity index (χ0n) is 18.7. The molecule has 8 nitrogen and oxygen atoms in total. The number of rotatable bonds is 6. The number of hydrogen-bond acceptors (Lipinski definition) is 9. The second-order valence-electron chi connectivity index (χ2n) is 7.37. The van der Waals surface area contributed by atoms with Crippen molar-refractivity contribution in [3.63, 3.8) is 0 Å². The molecule has 34 heavy (non-hydrogen) atoms. The number of para-hydroxylation sites is 1. The summed E-state index contributed by atoms with van der Waals surface area (Å²) in [6.07, 6.45) is 0. The first-order valence-corrected chi connectivity index (χ1v) is 11.2. The van der Waals surface area contributed by atoms with Gasteiger partial charge in [0.15, 0.2) is 5.82 Å². The highest BCUT2D eigenvalue weighted by atomic mass is 32.1. The molecule has 0 amide bonds. The summed E-state index contributed by atoms with van der Waals surface area (Å²) in [4.78, 5) is 17.3. The molecule has 3 aromatic heterocycles. The Hall–Kier alpha value is -4.24. The van der Waals surface area contributed by atoms with Gasteiger partial charge in [0.1, 0.15) is 22.1 Å². The number of carbonyl (C=O) groups is 1. The number of hydrogen-bond donors (Lipinski definition) is 1. The SMILES string of the molecule is COC(=O)c1c(C)oc(Nc2ccc(-c3ccc(OC)cc3)nn2)c1-c1nc2ccccc2s1. The van der Waals surface area contributed by atoms with E-state index in [9.17, 15) is 4.79 Å². The second-order valence-corrected chi connectivity index (χ2v) is 8.40. The minimum atomic E-state index is -0.496. The molecule has 0 saturated heterocycles. The van der Waals surface area contributed by atoms with Gasteiger partial charge in [0.2, 0.25) is 5.88 Å². The standard InChI is InChI=1S/C25H20N4O4S/c1-14-21(25(30)32-3)22(24-26-18-6-4-5-7-19(18)34-24)23(33-14)27-20-13-12-17(28-29-20)15-8-10-16(31-2)11-9-15/h4-13H,1-3H3,(H,27,29). The van der Waals surface area contributed by atoms with Crippen LogP contribution in [0.15, 0.2) is 65.1 Å². The lowest BCUT2D eigenvalue weighted by Crippen LogP contribution is -2.04. The third-order valence-electron chi connectivity index (χ3n) is 5.27. The lowest BCUT2D eigenvalue weighted by molar-refractivity contribution is 0.0599. The maximum absolute atomic E-state index is 12.6. The Balaban J connectivity index is 1.51. The van der Waals surface area contributed by atoms with E-state index >= 15 is 0 Å². The lowest BCUT2D eigenvalue weighted by Gasteiger charge is -2.06. The van der Waals surface area contributed by atoms with Gasteiger partial charge >= 0.3 is 5.97 Å². The molecule has 0 radical (unpaired) electrons. The first-order chi connectivity index (χ1) is 16.6. The average Bonchev–Trinajstić information content (AvgIpc) is 3.44. The number of benzene rings is 2. The van der Waals surface area contributed by atoms with Gasteiger partial charge in [-0.3, -0.25) is 0 Å². The molecule has 0 fully saturated rings. The molecule has 0 spiro atoms. The first kappa shape index (κ1) is 21.6. The molecule has 0 aliphatic carbocycles. The molecule has 0 aliphatic rings. The van der Waals surface area contributed by atoms with Crippen molar-refractivity contribution in [2.24, 2.45) is 0 Å². The van der Waals surface area contributed by atoms with E-state index in [4.69, 9.17) is 18.9 Å². The van der Waals surface area contributed by atoms with Gasteiger partial charge in [-0.1, -0.05) is 12.1 Å². The molecule has 0 saturated carbocycles. The first-order valence-electron chi connectivity index (χ1n) is 10.4. The van der Waals surface area contributed by atoms with Crippen LogP contribution in [0, 0.1) is 6.92 Å². The molecule has 9 heteroatoms. The summed E-state index contributed by atoms with van der Waals surface area (Å²) in [6, 6.07) is 19.0. The van der Waals surface area contributed by atoms with Crippen LogP contribution in [-0.4, -0.2) is 35.4 Å². The molecule has 3 heterocycles. The van der Waals surface area contributed by atoms with Gasteiger partial charge in [0, 0.05) is 5.56 Å². The molecule has 170 valence electrons. The van der Waals surface area contributed by atoms with Crippen molar-refractivity contribution in [1.29, 1.82) is 0 Å². The highest BCUT2D eigenvalue weighted by Crippen LogP contribution is 2.41. The number of carbonyl (C=O) groups excluding carboxylic acids is 1. The molecule has 2 aromatic carbocycles. The highest BCUT2D eigenvalue weighted by molar-refractivity contribution is 7.21. The van der Waals surface area contributed by atoms with Gasteiger partial charge in [-0.05, 0) is 55.5 Å². The van der Waals surface area contributed by atoms with Crippen LogP contribution in [-0.2, 0) is 4.74 Å². The second kappa shape index (κ2) is 8.95. The van der Waals surface area contributed by atoms with E-state index in [0.717, 1.165) is 21.5 Å². The number of anilines is 2. The van der Waals surface area contributed by atoms with Crippen molar-refractivity contribution in [1.82, 2.24) is 15.2 Å². The van der Waals surface area contributed by atoms with E-state index in [0.29, 0.717) is 39.3 Å². The molecular formula is C25H20N4O4S. The fourth-order valence-corrected chi connectivity index (χ4v) is 4.61. The van der Waals surface area contributed by atoms with E-state index in [2.05, 4.69) is 15.5 Å². The molecule has 0 unspecified atom stereocenters. The van der Waals surface area contributed by atoms with Crippen LogP contribution in [0.5, 0.6) is 5.75 Å². The smallest absolute Gasteiger partial charge is 0.342 e. The van der Waals surface area contributed by atoms with Crippen molar-refractivity contribution >= 4 is 39.2 Å². The predicted octanol–water partition coefficient (Wildman–Crippen LogP) is 5.86. The summed E-state index contributed by atoms with van der Waals surface area (Å²) in [5.41, 5.74) is 3.33. The number of nitrogens with zero attached hydrogens (tertiary/aromatic N) is 3. The number of esters is 1. The number of ether oxygens (including phenoxy) is 2. The average molecular weight is 473 g/mol. The minimum Gasteiger partial charge on any atom is -0.497 e. The number of nitrogens with one attached hydrogen (secondary N) is 1. The monoisotopic (exact) mass is 472 g/mol. The lowest BCUT2D eigenvalue weighted by atomic mass is 10.1. The Kier molecular flexibility index (Phi) is 5.69. The summed E-state index contributed by atoms with van der Waals surface area (Å²) >= 11 is 1.47. The molecular weight excluding hydrogens is 452 g/mol.